The second kappa shape index (κ2) is 8.27. The summed E-state index contributed by atoms with van der Waals surface area (Å²) in [5.41, 5.74) is 7.72. The number of halogens is 1. The number of carbonyl (C=O) groups excluding carboxylic acids is 2. The number of rotatable bonds is 7. The number of amides is 2. The lowest BCUT2D eigenvalue weighted by atomic mass is 9.99. The maximum absolute atomic E-state index is 15.3. The second-order valence-electron chi connectivity index (χ2n) is 8.28. The van der Waals surface area contributed by atoms with Gasteiger partial charge in [-0.3, -0.25) is 14.6 Å². The predicted octanol–water partition coefficient (Wildman–Crippen LogP) is 1.72. The highest BCUT2D eigenvalue weighted by atomic mass is 19.1. The molecule has 2 fully saturated rings. The van der Waals surface area contributed by atoms with Gasteiger partial charge in [-0.2, -0.15) is 0 Å². The van der Waals surface area contributed by atoms with Crippen molar-refractivity contribution in [2.24, 2.45) is 17.5 Å². The first-order chi connectivity index (χ1) is 14.8. The minimum atomic E-state index is -0.554. The van der Waals surface area contributed by atoms with Crippen LogP contribution in [0.25, 0.3) is 0 Å². The van der Waals surface area contributed by atoms with Gasteiger partial charge in [-0.05, 0) is 37.8 Å². The summed E-state index contributed by atoms with van der Waals surface area (Å²) in [7, 11) is 1.39. The average molecular weight is 430 g/mol. The number of hydrazine groups is 1. The van der Waals surface area contributed by atoms with Crippen LogP contribution in [0.4, 0.5) is 15.8 Å². The summed E-state index contributed by atoms with van der Waals surface area (Å²) < 4.78 is 20.7. The highest BCUT2D eigenvalue weighted by molar-refractivity contribution is 6.03. The van der Waals surface area contributed by atoms with Crippen molar-refractivity contribution in [3.63, 3.8) is 0 Å². The molecule has 2 unspecified atom stereocenters. The van der Waals surface area contributed by atoms with Crippen molar-refractivity contribution in [1.29, 1.82) is 0 Å². The molecule has 2 atom stereocenters. The van der Waals surface area contributed by atoms with E-state index in [1.807, 2.05) is 4.90 Å². The largest absolute Gasteiger partial charge is 0.447 e. The normalized spacial score (nSPS) is 19.4. The fraction of sp³-hybridized carbons (Fsp3) is 0.476. The third-order valence-corrected chi connectivity index (χ3v) is 6.11. The fourth-order valence-corrected chi connectivity index (χ4v) is 4.39. The first-order valence-corrected chi connectivity index (χ1v) is 10.3. The Morgan fingerprint density at radius 2 is 2.16 bits per heavy atom. The number of aromatic nitrogens is 1. The van der Waals surface area contributed by atoms with Crippen LogP contribution in [0.1, 0.15) is 47.1 Å². The number of nitrogens with zero attached hydrogens (tertiary/aromatic N) is 4. The fourth-order valence-electron chi connectivity index (χ4n) is 4.39. The molecule has 2 heterocycles. The van der Waals surface area contributed by atoms with Gasteiger partial charge >= 0.3 is 0 Å². The van der Waals surface area contributed by atoms with Crippen molar-refractivity contribution in [2.45, 2.75) is 38.3 Å². The van der Waals surface area contributed by atoms with Crippen LogP contribution in [-0.2, 0) is 4.79 Å². The van der Waals surface area contributed by atoms with Crippen LogP contribution in [0.5, 0.6) is 0 Å². The second-order valence-corrected chi connectivity index (χ2v) is 8.28. The molecule has 1 aliphatic heterocycles. The SMILES string of the molecule is Cc1c(N2CCC(C(N)c3ncco3)C2)c(F)cc(C(=O)N(C)N)c1N(C=O)C1CC1. The van der Waals surface area contributed by atoms with Gasteiger partial charge in [0.1, 0.15) is 12.1 Å². The molecular formula is C21H27FN6O3. The highest BCUT2D eigenvalue weighted by Crippen LogP contribution is 2.42. The monoisotopic (exact) mass is 430 g/mol. The van der Waals surface area contributed by atoms with Crippen LogP contribution in [-0.4, -0.2) is 48.5 Å². The molecule has 0 bridgehead atoms. The van der Waals surface area contributed by atoms with E-state index in [-0.39, 0.29) is 17.5 Å². The van der Waals surface area contributed by atoms with Gasteiger partial charge in [0, 0.05) is 32.1 Å². The Kier molecular flexibility index (Phi) is 5.67. The number of carbonyl (C=O) groups is 2. The molecule has 0 radical (unpaired) electrons. The lowest BCUT2D eigenvalue weighted by Gasteiger charge is -2.29. The van der Waals surface area contributed by atoms with Crippen molar-refractivity contribution in [3.8, 4) is 0 Å². The Morgan fingerprint density at radius 1 is 1.42 bits per heavy atom. The van der Waals surface area contributed by atoms with Crippen LogP contribution < -0.4 is 21.4 Å². The average Bonchev–Trinajstić information content (AvgIpc) is 3.22. The molecule has 31 heavy (non-hydrogen) atoms. The number of hydrogen-bond donors (Lipinski definition) is 2. The van der Waals surface area contributed by atoms with Crippen molar-refractivity contribution in [2.75, 3.05) is 29.9 Å². The van der Waals surface area contributed by atoms with Crippen molar-refractivity contribution < 1.29 is 18.4 Å². The number of benzene rings is 1. The molecule has 4 rings (SSSR count). The van der Waals surface area contributed by atoms with Gasteiger partial charge in [0.05, 0.1) is 29.2 Å². The highest BCUT2D eigenvalue weighted by Gasteiger charge is 2.37. The van der Waals surface area contributed by atoms with Gasteiger partial charge in [0.15, 0.2) is 0 Å². The lowest BCUT2D eigenvalue weighted by molar-refractivity contribution is -0.107. The number of hydrogen-bond acceptors (Lipinski definition) is 7. The van der Waals surface area contributed by atoms with Crippen LogP contribution in [0, 0.1) is 18.7 Å². The Morgan fingerprint density at radius 3 is 2.74 bits per heavy atom. The summed E-state index contributed by atoms with van der Waals surface area (Å²) in [4.78, 5) is 32.2. The van der Waals surface area contributed by atoms with E-state index in [4.69, 9.17) is 16.0 Å². The molecule has 1 aliphatic carbocycles. The van der Waals surface area contributed by atoms with Gasteiger partial charge in [0.2, 0.25) is 12.3 Å². The molecular weight excluding hydrogens is 403 g/mol. The van der Waals surface area contributed by atoms with Gasteiger partial charge in [0.25, 0.3) is 5.91 Å². The summed E-state index contributed by atoms with van der Waals surface area (Å²) >= 11 is 0. The molecule has 4 N–H and O–H groups in total. The molecule has 9 nitrogen and oxygen atoms in total. The van der Waals surface area contributed by atoms with Gasteiger partial charge in [-0.1, -0.05) is 0 Å². The zero-order valence-electron chi connectivity index (χ0n) is 17.6. The standard InChI is InChI=1S/C21H27FN6O3/c1-12-18(28(11-29)14-3-4-14)15(21(30)26(2)24)9-16(22)19(12)27-7-5-13(10-27)17(23)20-25-6-8-31-20/h6,8-9,11,13-14,17H,3-5,7,10,23-24H2,1-2H3. The molecule has 1 saturated heterocycles. The van der Waals surface area contributed by atoms with Crippen molar-refractivity contribution in [1.82, 2.24) is 9.99 Å². The summed E-state index contributed by atoms with van der Waals surface area (Å²) in [6.07, 6.45) is 6.16. The maximum Gasteiger partial charge on any atom is 0.269 e. The summed E-state index contributed by atoms with van der Waals surface area (Å²) in [6, 6.07) is 0.797. The third kappa shape index (κ3) is 3.88. The zero-order chi connectivity index (χ0) is 22.3. The van der Waals surface area contributed by atoms with E-state index in [9.17, 15) is 9.59 Å². The first kappa shape index (κ1) is 21.3. The van der Waals surface area contributed by atoms with E-state index in [0.29, 0.717) is 42.3 Å². The Labute approximate surface area is 179 Å². The number of anilines is 2. The van der Waals surface area contributed by atoms with E-state index < -0.39 is 17.8 Å². The summed E-state index contributed by atoms with van der Waals surface area (Å²) in [5, 5.41) is 0.897. The van der Waals surface area contributed by atoms with Crippen LogP contribution in [0.2, 0.25) is 0 Å². The molecule has 1 saturated carbocycles. The first-order valence-electron chi connectivity index (χ1n) is 10.3. The van der Waals surface area contributed by atoms with Crippen LogP contribution >= 0.6 is 0 Å². The Bertz CT molecular complexity index is 976. The van der Waals surface area contributed by atoms with Crippen LogP contribution in [0.3, 0.4) is 0 Å². The maximum atomic E-state index is 15.3. The molecule has 10 heteroatoms. The molecule has 2 amide bonds. The van der Waals surface area contributed by atoms with E-state index in [2.05, 4.69) is 4.98 Å². The molecule has 1 aromatic heterocycles. The van der Waals surface area contributed by atoms with E-state index >= 15 is 4.39 Å². The number of nitrogens with two attached hydrogens (primary N) is 2. The van der Waals surface area contributed by atoms with E-state index in [0.717, 1.165) is 24.3 Å². The molecule has 1 aromatic carbocycles. The summed E-state index contributed by atoms with van der Waals surface area (Å²) in [6.45, 7) is 2.83. The quantitative estimate of drug-likeness (QED) is 0.297. The zero-order valence-corrected chi connectivity index (χ0v) is 17.6. The van der Waals surface area contributed by atoms with Gasteiger partial charge in [-0.15, -0.1) is 0 Å². The Balaban J connectivity index is 1.71. The van der Waals surface area contributed by atoms with Crippen molar-refractivity contribution in [3.05, 3.63) is 41.4 Å². The smallest absolute Gasteiger partial charge is 0.269 e. The van der Waals surface area contributed by atoms with Crippen LogP contribution in [0.15, 0.2) is 22.9 Å². The van der Waals surface area contributed by atoms with E-state index in [1.165, 1.54) is 24.3 Å². The number of oxazole rings is 1. The predicted molar refractivity (Wildman–Crippen MR) is 113 cm³/mol. The molecule has 2 aliphatic rings. The third-order valence-electron chi connectivity index (χ3n) is 6.11. The molecule has 166 valence electrons. The Hall–Kier alpha value is -2.98. The summed E-state index contributed by atoms with van der Waals surface area (Å²) in [5.74, 6) is 5.05. The van der Waals surface area contributed by atoms with Gasteiger partial charge in [-0.25, -0.2) is 15.2 Å². The molecule has 2 aromatic rings. The van der Waals surface area contributed by atoms with E-state index in [1.54, 1.807) is 13.1 Å². The minimum Gasteiger partial charge on any atom is -0.447 e. The molecule has 0 spiro atoms. The minimum absolute atomic E-state index is 0.00826. The lowest BCUT2D eigenvalue weighted by Crippen LogP contribution is -2.36. The topological polar surface area (TPSA) is 122 Å². The van der Waals surface area contributed by atoms with Gasteiger partial charge < -0.3 is 20.0 Å². The van der Waals surface area contributed by atoms with Crippen molar-refractivity contribution >= 4 is 23.7 Å².